The van der Waals surface area contributed by atoms with Crippen LogP contribution >= 0.6 is 0 Å². The normalized spacial score (nSPS) is 11.7. The summed E-state index contributed by atoms with van der Waals surface area (Å²) in [6, 6.07) is 14.0. The van der Waals surface area contributed by atoms with Crippen LogP contribution in [0.5, 0.6) is 0 Å². The first-order valence-corrected chi connectivity index (χ1v) is 9.74. The summed E-state index contributed by atoms with van der Waals surface area (Å²) in [6.45, 7) is 1.77. The van der Waals surface area contributed by atoms with Crippen molar-refractivity contribution in [1.82, 2.24) is 14.8 Å². The van der Waals surface area contributed by atoms with Crippen LogP contribution in [0.2, 0.25) is 0 Å². The number of nitrogens with one attached hydrogen (secondary N) is 1. The third kappa shape index (κ3) is 4.30. The Hall–Kier alpha value is -3.62. The quantitative estimate of drug-likeness (QED) is 0.452. The molecule has 0 spiro atoms. The van der Waals surface area contributed by atoms with Gasteiger partial charge in [0.15, 0.2) is 0 Å². The number of aryl methyl sites for hydroxylation is 1. The van der Waals surface area contributed by atoms with Crippen molar-refractivity contribution in [2.45, 2.75) is 32.5 Å². The Kier molecular flexibility index (Phi) is 5.50. The standard InChI is InChI=1S/C22H19F3N4O2/c1-2-7-20-27-28-21(31-20)18-12-14-8-3-6-11-17(14)29(18)13-19(30)26-16-10-5-4-9-15(16)22(23,24)25/h3-6,8-12H,2,7,13H2,1H3,(H,26,30). The fourth-order valence-electron chi connectivity index (χ4n) is 3.40. The second-order valence-corrected chi connectivity index (χ2v) is 7.02. The van der Waals surface area contributed by atoms with E-state index in [0.29, 0.717) is 18.0 Å². The van der Waals surface area contributed by atoms with E-state index in [4.69, 9.17) is 4.42 Å². The predicted octanol–water partition coefficient (Wildman–Crippen LogP) is 5.30. The van der Waals surface area contributed by atoms with Gasteiger partial charge in [0.05, 0.1) is 11.3 Å². The Morgan fingerprint density at radius 3 is 2.61 bits per heavy atom. The third-order valence-corrected chi connectivity index (χ3v) is 4.77. The molecular formula is C22H19F3N4O2. The van der Waals surface area contributed by atoms with E-state index in [1.165, 1.54) is 18.2 Å². The van der Waals surface area contributed by atoms with Crippen LogP contribution in [-0.4, -0.2) is 20.7 Å². The zero-order valence-corrected chi connectivity index (χ0v) is 16.6. The molecule has 2 aromatic carbocycles. The molecule has 0 radical (unpaired) electrons. The minimum absolute atomic E-state index is 0.222. The smallest absolute Gasteiger partial charge is 0.418 e. The average Bonchev–Trinajstić information content (AvgIpc) is 3.33. The van der Waals surface area contributed by atoms with E-state index in [-0.39, 0.29) is 18.1 Å². The predicted molar refractivity (Wildman–Crippen MR) is 109 cm³/mol. The zero-order chi connectivity index (χ0) is 22.0. The summed E-state index contributed by atoms with van der Waals surface area (Å²) in [5.41, 5.74) is 0.0605. The molecule has 0 unspecified atom stereocenters. The van der Waals surface area contributed by atoms with Gasteiger partial charge >= 0.3 is 6.18 Å². The van der Waals surface area contributed by atoms with Gasteiger partial charge in [-0.25, -0.2) is 0 Å². The molecule has 0 aliphatic heterocycles. The molecule has 4 rings (SSSR count). The molecule has 6 nitrogen and oxygen atoms in total. The third-order valence-electron chi connectivity index (χ3n) is 4.77. The van der Waals surface area contributed by atoms with E-state index in [1.54, 1.807) is 4.57 Å². The number of hydrogen-bond acceptors (Lipinski definition) is 4. The Morgan fingerprint density at radius 2 is 1.84 bits per heavy atom. The molecule has 0 atom stereocenters. The fraction of sp³-hybridized carbons (Fsp3) is 0.227. The Bertz CT molecular complexity index is 1230. The van der Waals surface area contributed by atoms with Crippen molar-refractivity contribution in [2.24, 2.45) is 0 Å². The summed E-state index contributed by atoms with van der Waals surface area (Å²) in [4.78, 5) is 12.7. The summed E-state index contributed by atoms with van der Waals surface area (Å²) in [5.74, 6) is 0.133. The minimum Gasteiger partial charge on any atom is -0.419 e. The highest BCUT2D eigenvalue weighted by Gasteiger charge is 2.33. The highest BCUT2D eigenvalue weighted by Crippen LogP contribution is 2.35. The molecule has 2 aromatic heterocycles. The number of carbonyl (C=O) groups excluding carboxylic acids is 1. The van der Waals surface area contributed by atoms with E-state index in [2.05, 4.69) is 15.5 Å². The number of anilines is 1. The van der Waals surface area contributed by atoms with Crippen LogP contribution in [0.4, 0.5) is 18.9 Å². The minimum atomic E-state index is -4.57. The highest BCUT2D eigenvalue weighted by atomic mass is 19.4. The number of amides is 1. The average molecular weight is 428 g/mol. The summed E-state index contributed by atoms with van der Waals surface area (Å²) >= 11 is 0. The zero-order valence-electron chi connectivity index (χ0n) is 16.6. The molecule has 160 valence electrons. The second-order valence-electron chi connectivity index (χ2n) is 7.02. The maximum absolute atomic E-state index is 13.3. The number of aromatic nitrogens is 3. The molecule has 0 saturated carbocycles. The molecule has 2 heterocycles. The van der Waals surface area contributed by atoms with E-state index in [1.807, 2.05) is 37.3 Å². The topological polar surface area (TPSA) is 73.0 Å². The van der Waals surface area contributed by atoms with Crippen molar-refractivity contribution in [1.29, 1.82) is 0 Å². The molecule has 0 saturated heterocycles. The SMILES string of the molecule is CCCc1nnc(-c2cc3ccccc3n2CC(=O)Nc2ccccc2C(F)(F)F)o1. The lowest BCUT2D eigenvalue weighted by Crippen LogP contribution is -2.21. The number of alkyl halides is 3. The van der Waals surface area contributed by atoms with Gasteiger partial charge in [0.25, 0.3) is 5.89 Å². The Morgan fingerprint density at radius 1 is 1.10 bits per heavy atom. The van der Waals surface area contributed by atoms with Gasteiger partial charge in [-0.1, -0.05) is 37.3 Å². The number of halogens is 3. The molecule has 0 aliphatic carbocycles. The van der Waals surface area contributed by atoms with Crippen LogP contribution in [0.15, 0.2) is 59.0 Å². The van der Waals surface area contributed by atoms with Gasteiger partial charge < -0.3 is 14.3 Å². The molecule has 0 bridgehead atoms. The molecule has 0 aliphatic rings. The van der Waals surface area contributed by atoms with E-state index in [9.17, 15) is 18.0 Å². The number of hydrogen-bond donors (Lipinski definition) is 1. The molecule has 0 fully saturated rings. The van der Waals surface area contributed by atoms with E-state index < -0.39 is 17.6 Å². The van der Waals surface area contributed by atoms with Crippen LogP contribution in [0.1, 0.15) is 24.8 Å². The number of carbonyl (C=O) groups is 1. The van der Waals surface area contributed by atoms with E-state index >= 15 is 0 Å². The van der Waals surface area contributed by atoms with Gasteiger partial charge in [0.1, 0.15) is 12.2 Å². The first-order chi connectivity index (χ1) is 14.9. The van der Waals surface area contributed by atoms with Crippen LogP contribution in [-0.2, 0) is 23.9 Å². The summed E-state index contributed by atoms with van der Waals surface area (Å²) in [6.07, 6.45) is -3.11. The summed E-state index contributed by atoms with van der Waals surface area (Å²) in [5, 5.41) is 11.3. The van der Waals surface area contributed by atoms with Gasteiger partial charge in [-0.05, 0) is 30.7 Å². The number of benzene rings is 2. The first-order valence-electron chi connectivity index (χ1n) is 9.74. The van der Waals surface area contributed by atoms with Gasteiger partial charge in [0, 0.05) is 17.3 Å². The molecule has 9 heteroatoms. The first kappa shape index (κ1) is 20.6. The lowest BCUT2D eigenvalue weighted by atomic mass is 10.1. The van der Waals surface area contributed by atoms with Crippen molar-refractivity contribution in [3.8, 4) is 11.6 Å². The van der Waals surface area contributed by atoms with Gasteiger partial charge in [-0.3, -0.25) is 4.79 Å². The van der Waals surface area contributed by atoms with Crippen molar-refractivity contribution >= 4 is 22.5 Å². The van der Waals surface area contributed by atoms with Crippen LogP contribution in [0.3, 0.4) is 0 Å². The number of nitrogens with zero attached hydrogens (tertiary/aromatic N) is 3. The van der Waals surface area contributed by atoms with Gasteiger partial charge in [0.2, 0.25) is 11.8 Å². The largest absolute Gasteiger partial charge is 0.419 e. The number of rotatable bonds is 6. The monoisotopic (exact) mass is 428 g/mol. The summed E-state index contributed by atoms with van der Waals surface area (Å²) < 4.78 is 47.1. The Labute approximate surface area is 175 Å². The molecule has 4 aromatic rings. The lowest BCUT2D eigenvalue weighted by molar-refractivity contribution is -0.137. The van der Waals surface area contributed by atoms with Gasteiger partial charge in [-0.15, -0.1) is 10.2 Å². The maximum atomic E-state index is 13.3. The van der Waals surface area contributed by atoms with Crippen LogP contribution < -0.4 is 5.32 Å². The van der Waals surface area contributed by atoms with Crippen molar-refractivity contribution in [3.63, 3.8) is 0 Å². The van der Waals surface area contributed by atoms with Crippen molar-refractivity contribution in [2.75, 3.05) is 5.32 Å². The number of fused-ring (bicyclic) bond motifs is 1. The Balaban J connectivity index is 1.67. The van der Waals surface area contributed by atoms with Crippen molar-refractivity contribution < 1.29 is 22.4 Å². The molecule has 31 heavy (non-hydrogen) atoms. The van der Waals surface area contributed by atoms with Crippen LogP contribution in [0, 0.1) is 0 Å². The van der Waals surface area contributed by atoms with Crippen molar-refractivity contribution in [3.05, 3.63) is 66.1 Å². The molecule has 1 N–H and O–H groups in total. The van der Waals surface area contributed by atoms with E-state index in [0.717, 1.165) is 23.4 Å². The molecule has 1 amide bonds. The fourth-order valence-corrected chi connectivity index (χ4v) is 3.40. The van der Waals surface area contributed by atoms with Gasteiger partial charge in [-0.2, -0.15) is 13.2 Å². The lowest BCUT2D eigenvalue weighted by Gasteiger charge is -2.14. The summed E-state index contributed by atoms with van der Waals surface area (Å²) in [7, 11) is 0. The van der Waals surface area contributed by atoms with Crippen LogP contribution in [0.25, 0.3) is 22.5 Å². The molecular weight excluding hydrogens is 409 g/mol. The highest BCUT2D eigenvalue weighted by molar-refractivity contribution is 5.94. The second kappa shape index (κ2) is 8.25. The maximum Gasteiger partial charge on any atom is 0.418 e. The number of para-hydroxylation sites is 2.